The van der Waals surface area contributed by atoms with Gasteiger partial charge in [0.05, 0.1) is 27.7 Å². The maximum Gasteiger partial charge on any atom is 0.275 e. The van der Waals surface area contributed by atoms with Gasteiger partial charge in [-0.2, -0.15) is 10.4 Å². The lowest BCUT2D eigenvalue weighted by atomic mass is 9.49. The van der Waals surface area contributed by atoms with Crippen LogP contribution in [-0.4, -0.2) is 100 Å². The quantitative estimate of drug-likeness (QED) is 0.210. The van der Waals surface area contributed by atoms with Gasteiger partial charge in [0.25, 0.3) is 17.4 Å². The van der Waals surface area contributed by atoms with E-state index in [2.05, 4.69) is 74.2 Å². The van der Waals surface area contributed by atoms with Gasteiger partial charge in [-0.25, -0.2) is 14.6 Å². The van der Waals surface area contributed by atoms with E-state index in [0.29, 0.717) is 39.2 Å². The Kier molecular flexibility index (Phi) is 11.3. The van der Waals surface area contributed by atoms with Crippen LogP contribution in [0.3, 0.4) is 0 Å². The van der Waals surface area contributed by atoms with Crippen LogP contribution in [0.4, 0.5) is 11.6 Å². The van der Waals surface area contributed by atoms with E-state index in [4.69, 9.17) is 16.3 Å². The molecule has 0 bridgehead atoms. The number of piperidine rings is 2. The molecule has 0 spiro atoms. The van der Waals surface area contributed by atoms with E-state index in [-0.39, 0.29) is 53.2 Å². The van der Waals surface area contributed by atoms with E-state index in [1.54, 1.807) is 36.8 Å². The number of benzene rings is 2. The number of hydrogen-bond acceptors (Lipinski definition) is 12. The predicted molar refractivity (Wildman–Crippen MR) is 227 cm³/mol. The van der Waals surface area contributed by atoms with Crippen LogP contribution in [0, 0.1) is 28.1 Å². The van der Waals surface area contributed by atoms with Crippen LogP contribution < -0.4 is 30.7 Å². The van der Waals surface area contributed by atoms with E-state index in [0.717, 1.165) is 76.1 Å². The SMILES string of the molecule is CC1(C)C(NC(=O)c2cnc(N3CCC(CCN4CCN(c5ccc6c(=O)n([C@H]7CCC(=O)NC7=O)ncc6c5)CC4)CC3)nc2)C(C)(C)C1Oc1ccc(C#N)c(Cl)c1. The van der Waals surface area contributed by atoms with E-state index in [9.17, 15) is 24.4 Å². The molecule has 5 heterocycles. The summed E-state index contributed by atoms with van der Waals surface area (Å²) < 4.78 is 7.56. The standard InChI is InChI=1S/C44H51ClN10O5/c1-43(2)40(44(3,4)41(43)60-32-7-5-28(23-46)34(45)22-32)51-37(57)30-24-47-42(48-25-30)54-15-12-27(13-16-54)11-14-52-17-19-53(20-18-52)31-6-8-33-29(21-31)26-49-55(39(33)59)35-9-10-36(56)50-38(35)58/h5-8,21-22,24-27,35,40-41H,9-20H2,1-4H3,(H,51,57)(H,50,56,58)/t35-,40?,41?/m0/s1. The Morgan fingerprint density at radius 1 is 0.933 bits per heavy atom. The summed E-state index contributed by atoms with van der Waals surface area (Å²) >= 11 is 6.25. The van der Waals surface area contributed by atoms with E-state index >= 15 is 0 Å². The largest absolute Gasteiger partial charge is 0.489 e. The molecule has 1 atom stereocenters. The third-order valence-electron chi connectivity index (χ3n) is 13.1. The van der Waals surface area contributed by atoms with Crippen molar-refractivity contribution >= 4 is 51.7 Å². The summed E-state index contributed by atoms with van der Waals surface area (Å²) in [7, 11) is 0. The molecule has 15 nitrogen and oxygen atoms in total. The lowest BCUT2D eigenvalue weighted by molar-refractivity contribution is -0.164. The minimum Gasteiger partial charge on any atom is -0.489 e. The number of hydrogen-bond donors (Lipinski definition) is 2. The molecule has 60 heavy (non-hydrogen) atoms. The molecule has 2 aromatic heterocycles. The van der Waals surface area contributed by atoms with Gasteiger partial charge >= 0.3 is 0 Å². The third kappa shape index (κ3) is 8.02. The predicted octanol–water partition coefficient (Wildman–Crippen LogP) is 4.73. The number of anilines is 2. The Labute approximate surface area is 354 Å². The summed E-state index contributed by atoms with van der Waals surface area (Å²) in [5.74, 6) is 0.812. The molecule has 2 aromatic carbocycles. The van der Waals surface area contributed by atoms with Crippen molar-refractivity contribution < 1.29 is 19.1 Å². The molecule has 1 saturated carbocycles. The zero-order valence-corrected chi connectivity index (χ0v) is 35.2. The first-order valence-corrected chi connectivity index (χ1v) is 21.2. The van der Waals surface area contributed by atoms with Crippen molar-refractivity contribution in [1.82, 2.24) is 35.3 Å². The highest BCUT2D eigenvalue weighted by Gasteiger charge is 2.64. The molecule has 4 aromatic rings. The molecule has 4 fully saturated rings. The van der Waals surface area contributed by atoms with Crippen LogP contribution in [0.5, 0.6) is 5.75 Å². The lowest BCUT2D eigenvalue weighted by Crippen LogP contribution is -2.74. The number of aromatic nitrogens is 4. The fourth-order valence-electron chi connectivity index (χ4n) is 9.91. The van der Waals surface area contributed by atoms with E-state index < -0.39 is 11.9 Å². The summed E-state index contributed by atoms with van der Waals surface area (Å²) in [4.78, 5) is 66.9. The van der Waals surface area contributed by atoms with Crippen LogP contribution in [0.2, 0.25) is 5.02 Å². The van der Waals surface area contributed by atoms with Crippen molar-refractivity contribution in [1.29, 1.82) is 5.26 Å². The van der Waals surface area contributed by atoms with Gasteiger partial charge in [0, 0.05) is 92.1 Å². The topological polar surface area (TPSA) is 179 Å². The number of carbonyl (C=O) groups excluding carboxylic acids is 3. The number of rotatable bonds is 10. The van der Waals surface area contributed by atoms with Crippen molar-refractivity contribution in [2.45, 2.75) is 78.0 Å². The number of fused-ring (bicyclic) bond motifs is 1. The zero-order chi connectivity index (χ0) is 42.3. The van der Waals surface area contributed by atoms with Gasteiger partial charge in [-0.05, 0) is 68.5 Å². The van der Waals surface area contributed by atoms with Gasteiger partial charge in [-0.3, -0.25) is 29.4 Å². The number of nitrogens with zero attached hydrogens (tertiary/aromatic N) is 8. The molecule has 16 heteroatoms. The summed E-state index contributed by atoms with van der Waals surface area (Å²) in [5, 5.41) is 20.6. The smallest absolute Gasteiger partial charge is 0.275 e. The summed E-state index contributed by atoms with van der Waals surface area (Å²) in [6, 6.07) is 12.0. The molecular formula is C44H51ClN10O5. The number of amides is 3. The molecule has 0 radical (unpaired) electrons. The lowest BCUT2D eigenvalue weighted by Gasteiger charge is -2.63. The highest BCUT2D eigenvalue weighted by Crippen LogP contribution is 2.55. The first-order valence-electron chi connectivity index (χ1n) is 20.8. The van der Waals surface area contributed by atoms with Gasteiger partial charge < -0.3 is 19.9 Å². The van der Waals surface area contributed by atoms with Crippen LogP contribution in [0.15, 0.2) is 59.8 Å². The van der Waals surface area contributed by atoms with Gasteiger partial charge in [0.1, 0.15) is 24.0 Å². The average Bonchev–Trinajstić information content (AvgIpc) is 3.24. The maximum absolute atomic E-state index is 13.4. The van der Waals surface area contributed by atoms with E-state index in [1.807, 2.05) is 18.2 Å². The summed E-state index contributed by atoms with van der Waals surface area (Å²) in [6.07, 6.45) is 8.36. The minimum absolute atomic E-state index is 0.167. The third-order valence-corrected chi connectivity index (χ3v) is 13.4. The second-order valence-corrected chi connectivity index (χ2v) is 18.2. The van der Waals surface area contributed by atoms with Gasteiger partial charge in [-0.1, -0.05) is 39.3 Å². The second-order valence-electron chi connectivity index (χ2n) is 17.8. The summed E-state index contributed by atoms with van der Waals surface area (Å²) in [5.41, 5.74) is 0.763. The molecule has 3 saturated heterocycles. The molecule has 2 N–H and O–H groups in total. The van der Waals surface area contributed by atoms with Gasteiger partial charge in [0.2, 0.25) is 11.9 Å². The Bertz CT molecular complexity index is 2380. The van der Waals surface area contributed by atoms with Crippen molar-refractivity contribution in [3.63, 3.8) is 0 Å². The first kappa shape index (κ1) is 41.2. The Morgan fingerprint density at radius 3 is 2.32 bits per heavy atom. The Hall–Kier alpha value is -5.59. The number of nitrogens with one attached hydrogen (secondary N) is 2. The maximum atomic E-state index is 13.4. The molecule has 3 amide bonds. The van der Waals surface area contributed by atoms with Crippen molar-refractivity contribution in [2.24, 2.45) is 16.7 Å². The highest BCUT2D eigenvalue weighted by atomic mass is 35.5. The number of nitriles is 1. The number of imide groups is 1. The molecule has 3 aliphatic heterocycles. The monoisotopic (exact) mass is 834 g/mol. The molecular weight excluding hydrogens is 784 g/mol. The van der Waals surface area contributed by atoms with Gasteiger partial charge in [-0.15, -0.1) is 0 Å². The minimum atomic E-state index is -0.783. The van der Waals surface area contributed by atoms with Crippen molar-refractivity contribution in [3.8, 4) is 11.8 Å². The average molecular weight is 835 g/mol. The van der Waals surface area contributed by atoms with Crippen LogP contribution in [0.1, 0.15) is 81.8 Å². The van der Waals surface area contributed by atoms with Crippen LogP contribution >= 0.6 is 11.6 Å². The highest BCUT2D eigenvalue weighted by molar-refractivity contribution is 6.31. The fourth-order valence-corrected chi connectivity index (χ4v) is 10.1. The number of carbonyl (C=O) groups is 3. The molecule has 314 valence electrons. The van der Waals surface area contributed by atoms with Crippen LogP contribution in [0.25, 0.3) is 10.8 Å². The van der Waals surface area contributed by atoms with Crippen LogP contribution in [-0.2, 0) is 9.59 Å². The molecule has 8 rings (SSSR count). The zero-order valence-electron chi connectivity index (χ0n) is 34.5. The Balaban J connectivity index is 0.772. The van der Waals surface area contributed by atoms with Crippen molar-refractivity contribution in [2.75, 3.05) is 55.6 Å². The first-order chi connectivity index (χ1) is 28.7. The number of piperazine rings is 1. The van der Waals surface area contributed by atoms with E-state index in [1.165, 1.54) is 4.68 Å². The fraction of sp³-hybridized carbons (Fsp3) is 0.500. The number of halogens is 1. The molecule has 4 aliphatic rings. The van der Waals surface area contributed by atoms with Gasteiger partial charge in [0.15, 0.2) is 0 Å². The molecule has 0 unspecified atom stereocenters. The second kappa shape index (κ2) is 16.5. The summed E-state index contributed by atoms with van der Waals surface area (Å²) in [6.45, 7) is 14.8. The molecule has 1 aliphatic carbocycles. The number of ether oxygens (including phenoxy) is 1. The Morgan fingerprint density at radius 2 is 1.65 bits per heavy atom. The van der Waals surface area contributed by atoms with Crippen molar-refractivity contribution in [3.05, 3.63) is 81.5 Å². The normalized spacial score (nSPS) is 23.1.